The van der Waals surface area contributed by atoms with E-state index in [2.05, 4.69) is 4.99 Å². The van der Waals surface area contributed by atoms with Gasteiger partial charge in [-0.1, -0.05) is 29.0 Å². The highest BCUT2D eigenvalue weighted by Gasteiger charge is 2.17. The normalized spacial score (nSPS) is 11.8. The summed E-state index contributed by atoms with van der Waals surface area (Å²) in [6.45, 7) is 4.67. The zero-order valence-corrected chi connectivity index (χ0v) is 16.6. The fraction of sp³-hybridized carbons (Fsp3) is 0.263. The van der Waals surface area contributed by atoms with Gasteiger partial charge >= 0.3 is 0 Å². The number of methoxy groups -OCH3 is 2. The molecule has 1 aromatic heterocycles. The Hall–Kier alpha value is -2.31. The van der Waals surface area contributed by atoms with Crippen molar-refractivity contribution in [2.75, 3.05) is 14.2 Å². The van der Waals surface area contributed by atoms with Crippen LogP contribution in [0.2, 0.25) is 5.02 Å². The maximum Gasteiger partial charge on any atom is 0.283 e. The van der Waals surface area contributed by atoms with Crippen LogP contribution in [0.5, 0.6) is 11.5 Å². The standard InChI is InChI=1S/C19H19ClN2O3S/c1-5-22-16-11(2)13(20)9-10-15(16)26-19(22)21-18(23)12-7-6-8-14(24-3)17(12)25-4/h6-10H,5H2,1-4H3. The lowest BCUT2D eigenvalue weighted by Gasteiger charge is -2.10. The molecule has 0 aliphatic carbocycles. The minimum absolute atomic E-state index is 0.363. The molecule has 5 nitrogen and oxygen atoms in total. The average Bonchev–Trinajstić information content (AvgIpc) is 3.01. The van der Waals surface area contributed by atoms with Crippen molar-refractivity contribution in [3.63, 3.8) is 0 Å². The van der Waals surface area contributed by atoms with Crippen LogP contribution in [0.15, 0.2) is 35.3 Å². The summed E-state index contributed by atoms with van der Waals surface area (Å²) < 4.78 is 13.7. The molecule has 0 spiro atoms. The number of carbonyl (C=O) groups excluding carboxylic acids is 1. The Morgan fingerprint density at radius 3 is 2.65 bits per heavy atom. The van der Waals surface area contributed by atoms with Gasteiger partial charge in [-0.15, -0.1) is 0 Å². The lowest BCUT2D eigenvalue weighted by Crippen LogP contribution is -2.16. The van der Waals surface area contributed by atoms with Gasteiger partial charge in [0.05, 0.1) is 30.0 Å². The molecule has 0 aliphatic rings. The Morgan fingerprint density at radius 2 is 2.00 bits per heavy atom. The Morgan fingerprint density at radius 1 is 1.23 bits per heavy atom. The van der Waals surface area contributed by atoms with Crippen LogP contribution >= 0.6 is 22.9 Å². The Kier molecular flexibility index (Phi) is 5.34. The van der Waals surface area contributed by atoms with Crippen LogP contribution < -0.4 is 14.3 Å². The van der Waals surface area contributed by atoms with E-state index >= 15 is 0 Å². The molecule has 0 saturated heterocycles. The monoisotopic (exact) mass is 390 g/mol. The molecule has 0 fully saturated rings. The second kappa shape index (κ2) is 7.51. The van der Waals surface area contributed by atoms with Crippen LogP contribution in [0, 0.1) is 6.92 Å². The second-order valence-electron chi connectivity index (χ2n) is 5.61. The molecule has 0 unspecified atom stereocenters. The van der Waals surface area contributed by atoms with Crippen molar-refractivity contribution in [2.24, 2.45) is 4.99 Å². The van der Waals surface area contributed by atoms with Gasteiger partial charge in [0.15, 0.2) is 16.3 Å². The number of hydrogen-bond acceptors (Lipinski definition) is 4. The summed E-state index contributed by atoms with van der Waals surface area (Å²) in [6.07, 6.45) is 0. The predicted molar refractivity (Wildman–Crippen MR) is 105 cm³/mol. The summed E-state index contributed by atoms with van der Waals surface area (Å²) in [5.41, 5.74) is 2.35. The third kappa shape index (κ3) is 3.10. The van der Waals surface area contributed by atoms with Gasteiger partial charge in [0.2, 0.25) is 0 Å². The molecule has 0 saturated carbocycles. The number of ether oxygens (including phenoxy) is 2. The van der Waals surface area contributed by atoms with Crippen molar-refractivity contribution >= 4 is 39.1 Å². The minimum atomic E-state index is -0.377. The molecular weight excluding hydrogens is 372 g/mol. The topological polar surface area (TPSA) is 52.8 Å². The summed E-state index contributed by atoms with van der Waals surface area (Å²) in [5, 5.41) is 0.699. The molecule has 0 atom stereocenters. The number of nitrogens with zero attached hydrogens (tertiary/aromatic N) is 2. The lowest BCUT2D eigenvalue weighted by molar-refractivity contribution is 0.0994. The maximum absolute atomic E-state index is 12.8. The van der Waals surface area contributed by atoms with Crippen LogP contribution in [0.3, 0.4) is 0 Å². The number of hydrogen-bond donors (Lipinski definition) is 0. The molecule has 1 amide bonds. The molecule has 136 valence electrons. The molecule has 3 aromatic rings. The summed E-state index contributed by atoms with van der Waals surface area (Å²) >= 11 is 7.73. The predicted octanol–water partition coefficient (Wildman–Crippen LogP) is 4.44. The number of halogens is 1. The van der Waals surface area contributed by atoms with E-state index in [-0.39, 0.29) is 5.91 Å². The van der Waals surface area contributed by atoms with E-state index in [1.54, 1.807) is 18.2 Å². The molecule has 1 heterocycles. The average molecular weight is 391 g/mol. The number of aryl methyl sites for hydroxylation is 2. The number of benzene rings is 2. The summed E-state index contributed by atoms with van der Waals surface area (Å²) in [7, 11) is 3.04. The van der Waals surface area contributed by atoms with Gasteiger partial charge in [0.1, 0.15) is 0 Å². The van der Waals surface area contributed by atoms with Crippen LogP contribution in [0.1, 0.15) is 22.8 Å². The number of aromatic nitrogens is 1. The van der Waals surface area contributed by atoms with Crippen molar-refractivity contribution in [1.82, 2.24) is 4.57 Å². The first-order valence-electron chi connectivity index (χ1n) is 8.10. The van der Waals surface area contributed by atoms with E-state index in [0.717, 1.165) is 15.8 Å². The Balaban J connectivity index is 2.20. The molecule has 0 N–H and O–H groups in total. The fourth-order valence-electron chi connectivity index (χ4n) is 2.90. The maximum atomic E-state index is 12.8. The van der Waals surface area contributed by atoms with Crippen molar-refractivity contribution < 1.29 is 14.3 Å². The number of amides is 1. The van der Waals surface area contributed by atoms with Crippen LogP contribution in [-0.2, 0) is 6.54 Å². The van der Waals surface area contributed by atoms with Crippen molar-refractivity contribution in [3.05, 3.63) is 51.3 Å². The van der Waals surface area contributed by atoms with Crippen molar-refractivity contribution in [2.45, 2.75) is 20.4 Å². The SMILES string of the molecule is CCn1c(=NC(=O)c2cccc(OC)c2OC)sc2ccc(Cl)c(C)c21. The lowest BCUT2D eigenvalue weighted by atomic mass is 10.2. The first-order valence-corrected chi connectivity index (χ1v) is 9.29. The number of carbonyl (C=O) groups is 1. The minimum Gasteiger partial charge on any atom is -0.493 e. The molecule has 3 rings (SSSR count). The summed E-state index contributed by atoms with van der Waals surface area (Å²) in [6, 6.07) is 8.99. The zero-order chi connectivity index (χ0) is 18.8. The van der Waals surface area contributed by atoms with E-state index in [9.17, 15) is 4.79 Å². The Bertz CT molecular complexity index is 1050. The summed E-state index contributed by atoms with van der Waals surface area (Å²) in [5.74, 6) is 0.501. The van der Waals surface area contributed by atoms with Crippen LogP contribution in [0.4, 0.5) is 0 Å². The zero-order valence-electron chi connectivity index (χ0n) is 15.0. The number of thiazole rings is 1. The quantitative estimate of drug-likeness (QED) is 0.661. The first kappa shape index (κ1) is 18.5. The third-order valence-corrected chi connectivity index (χ3v) is 5.63. The largest absolute Gasteiger partial charge is 0.493 e. The molecule has 0 radical (unpaired) electrons. The molecule has 2 aromatic carbocycles. The van der Waals surface area contributed by atoms with E-state index in [4.69, 9.17) is 21.1 Å². The summed E-state index contributed by atoms with van der Waals surface area (Å²) in [4.78, 5) is 17.8. The highest BCUT2D eigenvalue weighted by molar-refractivity contribution is 7.16. The van der Waals surface area contributed by atoms with Crippen LogP contribution in [0.25, 0.3) is 10.2 Å². The first-order chi connectivity index (χ1) is 12.5. The van der Waals surface area contributed by atoms with Gasteiger partial charge in [0, 0.05) is 11.6 Å². The number of rotatable bonds is 4. The smallest absolute Gasteiger partial charge is 0.283 e. The van der Waals surface area contributed by atoms with E-state index in [1.807, 2.05) is 30.5 Å². The van der Waals surface area contributed by atoms with Gasteiger partial charge in [-0.2, -0.15) is 4.99 Å². The Labute approximate surface area is 160 Å². The second-order valence-corrected chi connectivity index (χ2v) is 7.02. The molecule has 0 bridgehead atoms. The molecular formula is C19H19ClN2O3S. The highest BCUT2D eigenvalue weighted by atomic mass is 35.5. The van der Waals surface area contributed by atoms with E-state index in [1.165, 1.54) is 25.6 Å². The number of fused-ring (bicyclic) bond motifs is 1. The molecule has 0 aliphatic heterocycles. The van der Waals surface area contributed by atoms with Crippen LogP contribution in [-0.4, -0.2) is 24.7 Å². The number of para-hydroxylation sites is 1. The van der Waals surface area contributed by atoms with Gasteiger partial charge in [-0.3, -0.25) is 4.79 Å². The van der Waals surface area contributed by atoms with Gasteiger partial charge in [-0.25, -0.2) is 0 Å². The fourth-order valence-corrected chi connectivity index (χ4v) is 4.20. The van der Waals surface area contributed by atoms with E-state index in [0.29, 0.717) is 33.4 Å². The molecule has 26 heavy (non-hydrogen) atoms. The molecule has 7 heteroatoms. The van der Waals surface area contributed by atoms with Gasteiger partial charge in [-0.05, 0) is 43.7 Å². The van der Waals surface area contributed by atoms with Gasteiger partial charge in [0.25, 0.3) is 5.91 Å². The van der Waals surface area contributed by atoms with E-state index < -0.39 is 0 Å². The van der Waals surface area contributed by atoms with Crippen molar-refractivity contribution in [1.29, 1.82) is 0 Å². The highest BCUT2D eigenvalue weighted by Crippen LogP contribution is 2.31. The van der Waals surface area contributed by atoms with Gasteiger partial charge < -0.3 is 14.0 Å². The third-order valence-electron chi connectivity index (χ3n) is 4.18. The van der Waals surface area contributed by atoms with Crippen molar-refractivity contribution in [3.8, 4) is 11.5 Å².